The van der Waals surface area contributed by atoms with E-state index in [-0.39, 0.29) is 0 Å². The fourth-order valence-electron chi connectivity index (χ4n) is 3.09. The van der Waals surface area contributed by atoms with Gasteiger partial charge in [-0.05, 0) is 54.4 Å². The Hall–Kier alpha value is -1.40. The Bertz CT molecular complexity index is 732. The molecule has 128 valence electrons. The summed E-state index contributed by atoms with van der Waals surface area (Å²) >= 11 is 0. The number of rotatable bonds is 4. The van der Waals surface area contributed by atoms with E-state index in [2.05, 4.69) is 29.6 Å². The van der Waals surface area contributed by atoms with Gasteiger partial charge in [-0.25, -0.2) is 13.3 Å². The Labute approximate surface area is 139 Å². The standard InChI is InChI=1S/C17H27N3O2S/c1-6-12-11-13-9-8-10-15(13)16(14(12)7-2)18-17(21)19-23(5,22)20(3)4/h11H,6-10H2,1-5H3,(H,18,21). The van der Waals surface area contributed by atoms with Crippen LogP contribution in [0.5, 0.6) is 0 Å². The molecule has 23 heavy (non-hydrogen) atoms. The number of nitrogens with one attached hydrogen (secondary N) is 1. The van der Waals surface area contributed by atoms with Crippen LogP contribution < -0.4 is 5.32 Å². The predicted octanol–water partition coefficient (Wildman–Crippen LogP) is 3.41. The highest BCUT2D eigenvalue weighted by Crippen LogP contribution is 2.35. The van der Waals surface area contributed by atoms with Gasteiger partial charge in [0.15, 0.2) is 0 Å². The van der Waals surface area contributed by atoms with Crippen molar-refractivity contribution >= 4 is 21.6 Å². The lowest BCUT2D eigenvalue weighted by atomic mass is 9.94. The van der Waals surface area contributed by atoms with Gasteiger partial charge >= 0.3 is 6.03 Å². The molecule has 6 heteroatoms. The van der Waals surface area contributed by atoms with E-state index in [1.165, 1.54) is 32.8 Å². The average molecular weight is 337 g/mol. The number of hydrogen-bond donors (Lipinski definition) is 1. The lowest BCUT2D eigenvalue weighted by molar-refractivity contribution is 0.259. The quantitative estimate of drug-likeness (QED) is 0.915. The van der Waals surface area contributed by atoms with Crippen molar-refractivity contribution in [3.05, 3.63) is 28.3 Å². The summed E-state index contributed by atoms with van der Waals surface area (Å²) in [6, 6.07) is 1.76. The first-order valence-corrected chi connectivity index (χ1v) is 10.0. The maximum absolute atomic E-state index is 12.3. The van der Waals surface area contributed by atoms with Gasteiger partial charge in [-0.2, -0.15) is 0 Å². The number of benzene rings is 1. The smallest absolute Gasteiger partial charge is 0.305 e. The van der Waals surface area contributed by atoms with E-state index < -0.39 is 15.9 Å². The Morgan fingerprint density at radius 2 is 2.00 bits per heavy atom. The molecule has 0 aliphatic heterocycles. The SMILES string of the molecule is CCc1cc2c(c(NC(=O)N=S(C)(=O)N(C)C)c1CC)CCC2. The molecule has 2 rings (SSSR count). The molecule has 5 nitrogen and oxygen atoms in total. The van der Waals surface area contributed by atoms with Crippen molar-refractivity contribution in [3.63, 3.8) is 0 Å². The number of amides is 2. The molecule has 0 heterocycles. The van der Waals surface area contributed by atoms with Crippen LogP contribution in [0, 0.1) is 0 Å². The lowest BCUT2D eigenvalue weighted by Gasteiger charge is -2.18. The Morgan fingerprint density at radius 3 is 2.57 bits per heavy atom. The van der Waals surface area contributed by atoms with Crippen LogP contribution in [0.1, 0.15) is 42.5 Å². The summed E-state index contributed by atoms with van der Waals surface area (Å²) in [5.41, 5.74) is 5.94. The first kappa shape index (κ1) is 17.9. The molecule has 1 atom stereocenters. The number of anilines is 1. The molecule has 1 aromatic carbocycles. The van der Waals surface area contributed by atoms with Gasteiger partial charge in [0.25, 0.3) is 0 Å². The first-order chi connectivity index (χ1) is 10.8. The normalized spacial score (nSPS) is 16.1. The molecule has 0 saturated carbocycles. The van der Waals surface area contributed by atoms with Gasteiger partial charge < -0.3 is 5.32 Å². The van der Waals surface area contributed by atoms with Gasteiger partial charge in [0.05, 0.1) is 0 Å². The molecule has 0 bridgehead atoms. The summed E-state index contributed by atoms with van der Waals surface area (Å²) in [5, 5.41) is 2.94. The van der Waals surface area contributed by atoms with Crippen molar-refractivity contribution in [2.75, 3.05) is 25.7 Å². The van der Waals surface area contributed by atoms with E-state index in [0.717, 1.165) is 37.8 Å². The molecular formula is C17H27N3O2S. The van der Waals surface area contributed by atoms with Crippen LogP contribution in [0.3, 0.4) is 0 Å². The van der Waals surface area contributed by atoms with Gasteiger partial charge in [0, 0.05) is 26.0 Å². The monoisotopic (exact) mass is 337 g/mol. The summed E-state index contributed by atoms with van der Waals surface area (Å²) < 4.78 is 17.6. The van der Waals surface area contributed by atoms with Crippen LogP contribution >= 0.6 is 0 Å². The van der Waals surface area contributed by atoms with Gasteiger partial charge in [-0.3, -0.25) is 0 Å². The highest BCUT2D eigenvalue weighted by molar-refractivity contribution is 7.90. The molecule has 1 unspecified atom stereocenters. The van der Waals surface area contributed by atoms with Crippen LogP contribution in [0.25, 0.3) is 0 Å². The third kappa shape index (κ3) is 3.75. The molecule has 1 aliphatic carbocycles. The third-order valence-electron chi connectivity index (χ3n) is 4.50. The largest absolute Gasteiger partial charge is 0.354 e. The molecule has 0 aromatic heterocycles. The van der Waals surface area contributed by atoms with E-state index in [0.29, 0.717) is 0 Å². The van der Waals surface area contributed by atoms with Crippen LogP contribution in [0.2, 0.25) is 0 Å². The van der Waals surface area contributed by atoms with Crippen molar-refractivity contribution in [2.45, 2.75) is 46.0 Å². The molecule has 1 N–H and O–H groups in total. The minimum absolute atomic E-state index is 0.525. The number of carbonyl (C=O) groups is 1. The maximum Gasteiger partial charge on any atom is 0.354 e. The summed E-state index contributed by atoms with van der Waals surface area (Å²) in [7, 11) is 0.647. The lowest BCUT2D eigenvalue weighted by Crippen LogP contribution is -2.23. The molecule has 2 amide bonds. The number of fused-ring (bicyclic) bond motifs is 1. The van der Waals surface area contributed by atoms with E-state index in [4.69, 9.17) is 0 Å². The highest BCUT2D eigenvalue weighted by Gasteiger charge is 2.22. The predicted molar refractivity (Wildman–Crippen MR) is 96.4 cm³/mol. The van der Waals surface area contributed by atoms with Gasteiger partial charge in [-0.15, -0.1) is 4.36 Å². The first-order valence-electron chi connectivity index (χ1n) is 8.17. The fourth-order valence-corrected chi connectivity index (χ4v) is 3.60. The molecule has 0 spiro atoms. The minimum atomic E-state index is -2.67. The zero-order chi connectivity index (χ0) is 17.2. The third-order valence-corrected chi connectivity index (χ3v) is 6.36. The van der Waals surface area contributed by atoms with Crippen molar-refractivity contribution in [1.29, 1.82) is 0 Å². The second kappa shape index (κ2) is 7.01. The summed E-state index contributed by atoms with van der Waals surface area (Å²) in [5.74, 6) is 0. The van der Waals surface area contributed by atoms with E-state index >= 15 is 0 Å². The van der Waals surface area contributed by atoms with E-state index in [1.54, 1.807) is 14.1 Å². The van der Waals surface area contributed by atoms with Crippen molar-refractivity contribution < 1.29 is 9.00 Å². The molecule has 0 fully saturated rings. The fraction of sp³-hybridized carbons (Fsp3) is 0.588. The summed E-state index contributed by atoms with van der Waals surface area (Å²) in [6.45, 7) is 4.24. The van der Waals surface area contributed by atoms with Crippen molar-refractivity contribution in [1.82, 2.24) is 4.31 Å². The van der Waals surface area contributed by atoms with E-state index in [1.807, 2.05) is 0 Å². The van der Waals surface area contributed by atoms with Crippen molar-refractivity contribution in [2.24, 2.45) is 4.36 Å². The van der Waals surface area contributed by atoms with E-state index in [9.17, 15) is 9.00 Å². The zero-order valence-electron chi connectivity index (χ0n) is 14.7. The molecule has 0 saturated heterocycles. The second-order valence-corrected chi connectivity index (χ2v) is 8.62. The molecular weight excluding hydrogens is 310 g/mol. The topological polar surface area (TPSA) is 61.8 Å². The van der Waals surface area contributed by atoms with Crippen molar-refractivity contribution in [3.8, 4) is 0 Å². The van der Waals surface area contributed by atoms with Gasteiger partial charge in [0.2, 0.25) is 0 Å². The average Bonchev–Trinajstić information content (AvgIpc) is 2.94. The highest BCUT2D eigenvalue weighted by atomic mass is 32.2. The zero-order valence-corrected chi connectivity index (χ0v) is 15.5. The van der Waals surface area contributed by atoms with Crippen LogP contribution in [-0.2, 0) is 35.6 Å². The molecule has 1 aliphatic rings. The minimum Gasteiger partial charge on any atom is -0.305 e. The van der Waals surface area contributed by atoms with Crippen LogP contribution in [-0.4, -0.2) is 34.9 Å². The molecule has 0 radical (unpaired) electrons. The number of nitrogens with zero attached hydrogens (tertiary/aromatic N) is 2. The Balaban J connectivity index is 2.46. The summed E-state index contributed by atoms with van der Waals surface area (Å²) in [6.07, 6.45) is 6.44. The maximum atomic E-state index is 12.3. The number of carbonyl (C=O) groups excluding carboxylic acids is 1. The van der Waals surface area contributed by atoms with Gasteiger partial charge in [-0.1, -0.05) is 19.9 Å². The van der Waals surface area contributed by atoms with Crippen LogP contribution in [0.4, 0.5) is 10.5 Å². The number of urea groups is 1. The second-order valence-electron chi connectivity index (χ2n) is 6.18. The van der Waals surface area contributed by atoms with Crippen LogP contribution in [0.15, 0.2) is 10.4 Å². The Morgan fingerprint density at radius 1 is 1.30 bits per heavy atom. The number of hydrogen-bond acceptors (Lipinski definition) is 2. The van der Waals surface area contributed by atoms with Gasteiger partial charge in [0.1, 0.15) is 9.92 Å². The number of aryl methyl sites for hydroxylation is 2. The summed E-state index contributed by atoms with van der Waals surface area (Å²) in [4.78, 5) is 12.3. The Kier molecular flexibility index (Phi) is 5.47. The molecule has 1 aromatic rings.